The number of anilines is 2. The molecule has 3 aromatic rings. The van der Waals surface area contributed by atoms with Crippen molar-refractivity contribution in [2.75, 3.05) is 16.4 Å². The van der Waals surface area contributed by atoms with Crippen LogP contribution in [-0.4, -0.2) is 27.1 Å². The fourth-order valence-corrected chi connectivity index (χ4v) is 4.26. The largest absolute Gasteiger partial charge is 0.326 e. The summed E-state index contributed by atoms with van der Waals surface area (Å²) >= 11 is 2.62. The van der Waals surface area contributed by atoms with E-state index in [-0.39, 0.29) is 23.1 Å². The minimum absolute atomic E-state index is 0.0623. The van der Waals surface area contributed by atoms with Crippen LogP contribution in [0.3, 0.4) is 0 Å². The SMILES string of the molecule is CCCn1c(SCC(=O)Nc2cccc(NC(C)=O)c2)nc2ccsc2c1=O. The maximum Gasteiger partial charge on any atom is 0.272 e. The number of carbonyl (C=O) groups is 2. The van der Waals surface area contributed by atoms with Gasteiger partial charge in [0, 0.05) is 24.8 Å². The minimum Gasteiger partial charge on any atom is -0.326 e. The van der Waals surface area contributed by atoms with Gasteiger partial charge in [0.05, 0.1) is 11.3 Å². The van der Waals surface area contributed by atoms with Crippen LogP contribution >= 0.6 is 23.1 Å². The van der Waals surface area contributed by atoms with Gasteiger partial charge in [-0.25, -0.2) is 4.98 Å². The van der Waals surface area contributed by atoms with E-state index in [9.17, 15) is 14.4 Å². The number of benzene rings is 1. The van der Waals surface area contributed by atoms with E-state index in [2.05, 4.69) is 15.6 Å². The molecule has 0 saturated carbocycles. The Balaban J connectivity index is 1.71. The first-order chi connectivity index (χ1) is 13.5. The average molecular weight is 417 g/mol. The minimum atomic E-state index is -0.215. The topological polar surface area (TPSA) is 93.1 Å². The third-order valence-electron chi connectivity index (χ3n) is 3.78. The molecule has 28 heavy (non-hydrogen) atoms. The Kier molecular flexibility index (Phi) is 6.48. The van der Waals surface area contributed by atoms with Crippen LogP contribution in [0.5, 0.6) is 0 Å². The van der Waals surface area contributed by atoms with Gasteiger partial charge in [0.25, 0.3) is 5.56 Å². The van der Waals surface area contributed by atoms with Gasteiger partial charge in [0.1, 0.15) is 4.70 Å². The molecule has 2 amide bonds. The first-order valence-electron chi connectivity index (χ1n) is 8.76. The Labute approximate surface area is 170 Å². The van der Waals surface area contributed by atoms with Gasteiger partial charge >= 0.3 is 0 Å². The number of hydrogen-bond donors (Lipinski definition) is 2. The lowest BCUT2D eigenvalue weighted by Gasteiger charge is -2.11. The van der Waals surface area contributed by atoms with Crippen LogP contribution in [0.2, 0.25) is 0 Å². The van der Waals surface area contributed by atoms with Gasteiger partial charge in [0.2, 0.25) is 11.8 Å². The van der Waals surface area contributed by atoms with E-state index in [1.807, 2.05) is 18.4 Å². The van der Waals surface area contributed by atoms with Crippen LogP contribution in [0.1, 0.15) is 20.3 Å². The number of thioether (sulfide) groups is 1. The molecule has 2 heterocycles. The van der Waals surface area contributed by atoms with E-state index < -0.39 is 0 Å². The second kappa shape index (κ2) is 9.03. The molecule has 1 aromatic carbocycles. The number of nitrogens with one attached hydrogen (secondary N) is 2. The highest BCUT2D eigenvalue weighted by molar-refractivity contribution is 7.99. The van der Waals surface area contributed by atoms with Gasteiger partial charge in [-0.2, -0.15) is 0 Å². The molecule has 146 valence electrons. The Morgan fingerprint density at radius 3 is 2.68 bits per heavy atom. The number of rotatable bonds is 7. The molecule has 0 fully saturated rings. The van der Waals surface area contributed by atoms with E-state index in [1.54, 1.807) is 28.8 Å². The number of amides is 2. The van der Waals surface area contributed by atoms with Gasteiger partial charge in [0.15, 0.2) is 5.16 Å². The Morgan fingerprint density at radius 1 is 1.21 bits per heavy atom. The summed E-state index contributed by atoms with van der Waals surface area (Å²) in [5.41, 5.74) is 1.80. The second-order valence-electron chi connectivity index (χ2n) is 6.08. The van der Waals surface area contributed by atoms with Crippen LogP contribution in [0.15, 0.2) is 45.7 Å². The maximum atomic E-state index is 12.6. The highest BCUT2D eigenvalue weighted by Crippen LogP contribution is 2.22. The molecule has 3 rings (SSSR count). The summed E-state index contributed by atoms with van der Waals surface area (Å²) in [6.07, 6.45) is 0.800. The molecule has 0 radical (unpaired) electrons. The van der Waals surface area contributed by atoms with Crippen molar-refractivity contribution in [1.82, 2.24) is 9.55 Å². The molecule has 2 N–H and O–H groups in total. The number of nitrogens with zero attached hydrogens (tertiary/aromatic N) is 2. The lowest BCUT2D eigenvalue weighted by molar-refractivity contribution is -0.114. The third-order valence-corrected chi connectivity index (χ3v) is 5.65. The monoisotopic (exact) mass is 416 g/mol. The van der Waals surface area contributed by atoms with Crippen molar-refractivity contribution in [3.05, 3.63) is 46.1 Å². The summed E-state index contributed by atoms with van der Waals surface area (Å²) in [4.78, 5) is 40.7. The molecule has 0 unspecified atom stereocenters. The maximum absolute atomic E-state index is 12.6. The van der Waals surface area contributed by atoms with Crippen molar-refractivity contribution in [2.45, 2.75) is 32.0 Å². The Morgan fingerprint density at radius 2 is 1.96 bits per heavy atom. The van der Waals surface area contributed by atoms with E-state index in [4.69, 9.17) is 0 Å². The molecule has 0 aliphatic heterocycles. The average Bonchev–Trinajstić information content (AvgIpc) is 3.11. The summed E-state index contributed by atoms with van der Waals surface area (Å²) < 4.78 is 2.27. The van der Waals surface area contributed by atoms with Crippen molar-refractivity contribution in [1.29, 1.82) is 0 Å². The zero-order valence-electron chi connectivity index (χ0n) is 15.5. The van der Waals surface area contributed by atoms with Crippen molar-refractivity contribution in [2.24, 2.45) is 0 Å². The van der Waals surface area contributed by atoms with Gasteiger partial charge < -0.3 is 10.6 Å². The predicted octanol–water partition coefficient (Wildman–Crippen LogP) is 3.56. The van der Waals surface area contributed by atoms with Crippen molar-refractivity contribution >= 4 is 56.5 Å². The molecule has 0 atom stereocenters. The van der Waals surface area contributed by atoms with E-state index >= 15 is 0 Å². The van der Waals surface area contributed by atoms with Crippen molar-refractivity contribution in [3.8, 4) is 0 Å². The lowest BCUT2D eigenvalue weighted by atomic mass is 10.2. The summed E-state index contributed by atoms with van der Waals surface area (Å²) in [5, 5.41) is 7.86. The van der Waals surface area contributed by atoms with Crippen LogP contribution in [-0.2, 0) is 16.1 Å². The van der Waals surface area contributed by atoms with Gasteiger partial charge in [-0.15, -0.1) is 11.3 Å². The van der Waals surface area contributed by atoms with Crippen LogP contribution in [0.25, 0.3) is 10.2 Å². The van der Waals surface area contributed by atoms with E-state index in [1.165, 1.54) is 30.0 Å². The molecule has 0 spiro atoms. The van der Waals surface area contributed by atoms with Crippen molar-refractivity contribution in [3.63, 3.8) is 0 Å². The van der Waals surface area contributed by atoms with Crippen LogP contribution in [0, 0.1) is 0 Å². The van der Waals surface area contributed by atoms with Crippen LogP contribution < -0.4 is 16.2 Å². The number of carbonyl (C=O) groups excluding carboxylic acids is 2. The lowest BCUT2D eigenvalue weighted by Crippen LogP contribution is -2.23. The molecule has 0 bridgehead atoms. The molecule has 0 aliphatic carbocycles. The molecule has 2 aromatic heterocycles. The number of fused-ring (bicyclic) bond motifs is 1. The molecular weight excluding hydrogens is 396 g/mol. The quantitative estimate of drug-likeness (QED) is 0.454. The van der Waals surface area contributed by atoms with Gasteiger partial charge in [-0.1, -0.05) is 24.8 Å². The Bertz CT molecular complexity index is 1070. The van der Waals surface area contributed by atoms with Gasteiger partial charge in [-0.3, -0.25) is 19.0 Å². The Hall–Kier alpha value is -2.65. The van der Waals surface area contributed by atoms with Crippen LogP contribution in [0.4, 0.5) is 11.4 Å². The number of aromatic nitrogens is 2. The number of thiophene rings is 1. The van der Waals surface area contributed by atoms with E-state index in [0.717, 1.165) is 6.42 Å². The first kappa shape index (κ1) is 20.1. The molecule has 9 heteroatoms. The highest BCUT2D eigenvalue weighted by atomic mass is 32.2. The third kappa shape index (κ3) is 4.79. The second-order valence-corrected chi connectivity index (χ2v) is 7.94. The summed E-state index contributed by atoms with van der Waals surface area (Å²) in [5.74, 6) is -0.272. The zero-order valence-corrected chi connectivity index (χ0v) is 17.2. The van der Waals surface area contributed by atoms with E-state index in [0.29, 0.717) is 33.3 Å². The molecule has 0 aliphatic rings. The van der Waals surface area contributed by atoms with Gasteiger partial charge in [-0.05, 0) is 36.1 Å². The standard InChI is InChI=1S/C19H20N4O3S2/c1-3-8-23-18(26)17-15(7-9-27-17)22-19(23)28-11-16(25)21-14-6-4-5-13(10-14)20-12(2)24/h4-7,9-10H,3,8,11H2,1-2H3,(H,20,24)(H,21,25). The zero-order chi connectivity index (χ0) is 20.1. The van der Waals surface area contributed by atoms with Crippen molar-refractivity contribution < 1.29 is 9.59 Å². The fraction of sp³-hybridized carbons (Fsp3) is 0.263. The highest BCUT2D eigenvalue weighted by Gasteiger charge is 2.14. The fourth-order valence-electron chi connectivity index (χ4n) is 2.66. The first-order valence-corrected chi connectivity index (χ1v) is 10.6. The smallest absolute Gasteiger partial charge is 0.272 e. The summed E-state index contributed by atoms with van der Waals surface area (Å²) in [6, 6.07) is 8.74. The molecule has 7 nitrogen and oxygen atoms in total. The molecular formula is C19H20N4O3S2. The normalized spacial score (nSPS) is 10.8. The predicted molar refractivity (Wildman–Crippen MR) is 114 cm³/mol. The number of hydrogen-bond acceptors (Lipinski definition) is 6. The summed E-state index contributed by atoms with van der Waals surface area (Å²) in [6.45, 7) is 3.98. The summed E-state index contributed by atoms with van der Waals surface area (Å²) in [7, 11) is 0. The molecule has 0 saturated heterocycles.